The van der Waals surface area contributed by atoms with Gasteiger partial charge < -0.3 is 19.5 Å². The second-order valence-corrected chi connectivity index (χ2v) is 8.35. The van der Waals surface area contributed by atoms with Crippen LogP contribution >= 0.6 is 0 Å². The van der Waals surface area contributed by atoms with Gasteiger partial charge in [0.05, 0.1) is 49.3 Å². The van der Waals surface area contributed by atoms with E-state index in [2.05, 4.69) is 20.7 Å². The summed E-state index contributed by atoms with van der Waals surface area (Å²) < 4.78 is 73.1. The number of morpholine rings is 1. The molecule has 2 N–H and O–H groups in total. The molecule has 2 atom stereocenters. The fraction of sp³-hybridized carbons (Fsp3) is 0.522. The van der Waals surface area contributed by atoms with Crippen LogP contribution in [0.15, 0.2) is 18.2 Å². The minimum absolute atomic E-state index is 0.0355. The summed E-state index contributed by atoms with van der Waals surface area (Å²) >= 11 is 0. The van der Waals surface area contributed by atoms with E-state index in [0.717, 1.165) is 6.07 Å². The van der Waals surface area contributed by atoms with Gasteiger partial charge in [-0.25, -0.2) is 32.5 Å². The first kappa shape index (κ1) is 26.2. The molecule has 0 aliphatic carbocycles. The molecule has 0 bridgehead atoms. The number of ether oxygens (including phenoxy) is 3. The number of carbonyl (C=O) groups is 1. The molecule has 1 aromatic carbocycles. The van der Waals surface area contributed by atoms with E-state index in [0.29, 0.717) is 26.3 Å². The van der Waals surface area contributed by atoms with Crippen LogP contribution in [0.25, 0.3) is 0 Å². The zero-order chi connectivity index (χ0) is 25.8. The summed E-state index contributed by atoms with van der Waals surface area (Å²) in [6, 6.07) is 2.84. The van der Waals surface area contributed by atoms with Crippen molar-refractivity contribution >= 4 is 11.7 Å². The lowest BCUT2D eigenvalue weighted by Crippen LogP contribution is -2.49. The van der Waals surface area contributed by atoms with E-state index in [4.69, 9.17) is 14.2 Å². The van der Waals surface area contributed by atoms with Crippen molar-refractivity contribution in [3.63, 3.8) is 0 Å². The molecule has 0 spiro atoms. The molecule has 36 heavy (non-hydrogen) atoms. The first-order valence-electron chi connectivity index (χ1n) is 11.5. The fourth-order valence-electron chi connectivity index (χ4n) is 4.03. The molecule has 1 amide bonds. The number of aryl methyl sites for hydroxylation is 1. The first-order valence-corrected chi connectivity index (χ1v) is 11.5. The summed E-state index contributed by atoms with van der Waals surface area (Å²) in [6.07, 6.45) is -6.27. The van der Waals surface area contributed by atoms with Gasteiger partial charge in [-0.1, -0.05) is 18.2 Å². The van der Waals surface area contributed by atoms with Crippen molar-refractivity contribution in [2.75, 3.05) is 44.8 Å². The quantitative estimate of drug-likeness (QED) is 0.518. The van der Waals surface area contributed by atoms with Crippen LogP contribution in [0.5, 0.6) is 0 Å². The van der Waals surface area contributed by atoms with Gasteiger partial charge in [0, 0.05) is 18.7 Å². The highest BCUT2D eigenvalue weighted by molar-refractivity contribution is 5.82. The van der Waals surface area contributed by atoms with Gasteiger partial charge >= 0.3 is 0 Å². The number of hydrogen-bond donors (Lipinski definition) is 2. The minimum Gasteiger partial charge on any atom is -0.379 e. The molecule has 2 saturated heterocycles. The largest absolute Gasteiger partial charge is 0.379 e. The number of aromatic nitrogens is 2. The van der Waals surface area contributed by atoms with E-state index in [9.17, 15) is 18.0 Å². The molecule has 2 aliphatic heterocycles. The maximum Gasteiger partial charge on any atom is 0.275 e. The highest BCUT2D eigenvalue weighted by atomic mass is 19.3. The van der Waals surface area contributed by atoms with Crippen molar-refractivity contribution in [1.29, 1.82) is 0 Å². The summed E-state index contributed by atoms with van der Waals surface area (Å²) in [5, 5.41) is 4.50. The number of amides is 1. The summed E-state index contributed by atoms with van der Waals surface area (Å²) in [5.74, 6) is -1.82. The van der Waals surface area contributed by atoms with E-state index in [1.165, 1.54) is 19.1 Å². The van der Waals surface area contributed by atoms with Gasteiger partial charge in [0.25, 0.3) is 12.3 Å². The van der Waals surface area contributed by atoms with Gasteiger partial charge in [-0.15, -0.1) is 0 Å². The summed E-state index contributed by atoms with van der Waals surface area (Å²) in [7, 11) is 0. The SMILES string of the molecule is Cc1nc(N[C@H](C)c2cccc(C(F)F)c2F)c(C2OCCO2)c(C(F)C(=O)NN2CCOCC2)n1. The Morgan fingerprint density at radius 2 is 1.75 bits per heavy atom. The van der Waals surface area contributed by atoms with Crippen LogP contribution in [0.1, 0.15) is 60.1 Å². The van der Waals surface area contributed by atoms with E-state index in [1.807, 2.05) is 0 Å². The molecule has 2 aliphatic rings. The molecule has 196 valence electrons. The Kier molecular flexibility index (Phi) is 8.34. The number of nitrogens with one attached hydrogen (secondary N) is 2. The molecule has 9 nitrogen and oxygen atoms in total. The second-order valence-electron chi connectivity index (χ2n) is 8.35. The first-order chi connectivity index (χ1) is 17.3. The number of alkyl halides is 3. The van der Waals surface area contributed by atoms with E-state index in [1.54, 1.807) is 11.9 Å². The van der Waals surface area contributed by atoms with Crippen molar-refractivity contribution in [3.05, 3.63) is 52.2 Å². The lowest BCUT2D eigenvalue weighted by Gasteiger charge is -2.28. The number of hydrogen-bond acceptors (Lipinski definition) is 8. The number of rotatable bonds is 8. The molecular formula is C23H27F4N5O4. The average Bonchev–Trinajstić information content (AvgIpc) is 3.38. The molecule has 0 saturated carbocycles. The number of hydrazine groups is 1. The van der Waals surface area contributed by atoms with Gasteiger partial charge in [-0.05, 0) is 13.8 Å². The molecular weight excluding hydrogens is 486 g/mol. The van der Waals surface area contributed by atoms with Gasteiger partial charge in [0.1, 0.15) is 17.5 Å². The van der Waals surface area contributed by atoms with Crippen LogP contribution in [0.3, 0.4) is 0 Å². The number of carbonyl (C=O) groups excluding carboxylic acids is 1. The van der Waals surface area contributed by atoms with Crippen molar-refractivity contribution in [2.45, 2.75) is 38.8 Å². The Morgan fingerprint density at radius 3 is 2.42 bits per heavy atom. The second kappa shape index (κ2) is 11.5. The standard InChI is InChI=1S/C23H27F4N5O4/c1-12(14-4-3-5-15(17(14)24)20(26)27)28-21-16(23-35-10-11-36-23)19(29-13(2)30-21)18(25)22(33)31-32-6-8-34-9-7-32/h3-5,12,18,20,23H,6-11H2,1-2H3,(H,31,33)(H,28,29,30)/t12-,18?/m1/s1. The minimum atomic E-state index is -2.99. The smallest absolute Gasteiger partial charge is 0.275 e. The van der Waals surface area contributed by atoms with Crippen LogP contribution < -0.4 is 10.7 Å². The zero-order valence-electron chi connectivity index (χ0n) is 19.8. The third kappa shape index (κ3) is 5.75. The van der Waals surface area contributed by atoms with Crippen molar-refractivity contribution < 1.29 is 36.6 Å². The zero-order valence-corrected chi connectivity index (χ0v) is 19.8. The predicted molar refractivity (Wildman–Crippen MR) is 119 cm³/mol. The molecule has 2 aromatic rings. The van der Waals surface area contributed by atoms with Crippen LogP contribution in [0, 0.1) is 12.7 Å². The molecule has 3 heterocycles. The Morgan fingerprint density at radius 1 is 1.08 bits per heavy atom. The van der Waals surface area contributed by atoms with Crippen LogP contribution in [-0.4, -0.2) is 60.4 Å². The number of halogens is 4. The lowest BCUT2D eigenvalue weighted by molar-refractivity contribution is -0.133. The highest BCUT2D eigenvalue weighted by Crippen LogP contribution is 2.37. The maximum absolute atomic E-state index is 15.6. The van der Waals surface area contributed by atoms with Crippen molar-refractivity contribution in [1.82, 2.24) is 20.4 Å². The van der Waals surface area contributed by atoms with E-state index >= 15 is 4.39 Å². The summed E-state index contributed by atoms with van der Waals surface area (Å²) in [5.41, 5.74) is 1.53. The van der Waals surface area contributed by atoms with E-state index in [-0.39, 0.29) is 41.7 Å². The lowest BCUT2D eigenvalue weighted by atomic mass is 10.0. The third-order valence-electron chi connectivity index (χ3n) is 5.81. The topological polar surface area (TPSA) is 97.8 Å². The van der Waals surface area contributed by atoms with Crippen molar-refractivity contribution in [2.24, 2.45) is 0 Å². The van der Waals surface area contributed by atoms with Gasteiger partial charge in [0.15, 0.2) is 6.29 Å². The Bertz CT molecular complexity index is 1080. The highest BCUT2D eigenvalue weighted by Gasteiger charge is 2.35. The van der Waals surface area contributed by atoms with Crippen LogP contribution in [-0.2, 0) is 19.0 Å². The van der Waals surface area contributed by atoms with Crippen molar-refractivity contribution in [3.8, 4) is 0 Å². The molecule has 2 fully saturated rings. The Balaban J connectivity index is 1.67. The number of nitrogens with zero attached hydrogens (tertiary/aromatic N) is 3. The van der Waals surface area contributed by atoms with E-state index < -0.39 is 42.2 Å². The molecule has 0 radical (unpaired) electrons. The van der Waals surface area contributed by atoms with Gasteiger partial charge in [0.2, 0.25) is 6.17 Å². The predicted octanol–water partition coefficient (Wildman–Crippen LogP) is 3.45. The Hall–Kier alpha value is -2.87. The number of anilines is 1. The van der Waals surface area contributed by atoms with Crippen LogP contribution in [0.2, 0.25) is 0 Å². The number of benzene rings is 1. The maximum atomic E-state index is 15.6. The Labute approximate surface area is 205 Å². The third-order valence-corrected chi connectivity index (χ3v) is 5.81. The average molecular weight is 513 g/mol. The molecule has 4 rings (SSSR count). The van der Waals surface area contributed by atoms with Crippen LogP contribution in [0.4, 0.5) is 23.4 Å². The fourth-order valence-corrected chi connectivity index (χ4v) is 4.03. The molecule has 1 aromatic heterocycles. The summed E-state index contributed by atoms with van der Waals surface area (Å²) in [6.45, 7) is 5.08. The molecule has 13 heteroatoms. The molecule has 1 unspecified atom stereocenters. The summed E-state index contributed by atoms with van der Waals surface area (Å²) in [4.78, 5) is 21.2. The normalized spacial score (nSPS) is 18.9. The van der Waals surface area contributed by atoms with Gasteiger partial charge in [-0.2, -0.15) is 0 Å². The monoisotopic (exact) mass is 513 g/mol. The van der Waals surface area contributed by atoms with Gasteiger partial charge in [-0.3, -0.25) is 10.2 Å².